The van der Waals surface area contributed by atoms with E-state index in [1.165, 1.54) is 5.57 Å². The number of carbonyl (C=O) groups is 1. The quantitative estimate of drug-likeness (QED) is 0.439. The molecule has 0 amide bonds. The van der Waals surface area contributed by atoms with Gasteiger partial charge in [0.05, 0.1) is 17.9 Å². The first-order chi connectivity index (χ1) is 17.8. The Labute approximate surface area is 224 Å². The van der Waals surface area contributed by atoms with Crippen molar-refractivity contribution in [2.75, 3.05) is 0 Å². The summed E-state index contributed by atoms with van der Waals surface area (Å²) in [5, 5.41) is 23.7. The first-order valence-electron chi connectivity index (χ1n) is 14.0. The number of fused-ring (bicyclic) bond motifs is 5. The average Bonchev–Trinajstić information content (AvgIpc) is 3.48. The maximum Gasteiger partial charge on any atom is 0.133 e. The van der Waals surface area contributed by atoms with Crippen molar-refractivity contribution in [2.45, 2.75) is 77.7 Å². The number of Topliss-reactive ketones (excluding diaryl/α,β-unsaturated/α-hetero) is 1. The molecule has 0 unspecified atom stereocenters. The maximum atomic E-state index is 13.3. The predicted molar refractivity (Wildman–Crippen MR) is 147 cm³/mol. The zero-order chi connectivity index (χ0) is 25.9. The Morgan fingerprint density at radius 2 is 1.97 bits per heavy atom. The van der Waals surface area contributed by atoms with Gasteiger partial charge >= 0.3 is 0 Å². The molecule has 194 valence electrons. The number of aromatic nitrogens is 1. The lowest BCUT2D eigenvalue weighted by molar-refractivity contribution is -0.129. The molecule has 4 aliphatic rings. The summed E-state index contributed by atoms with van der Waals surface area (Å²) < 4.78 is 0. The van der Waals surface area contributed by atoms with Crippen molar-refractivity contribution < 1.29 is 9.90 Å². The Balaban J connectivity index is 1.34. The predicted octanol–water partition coefficient (Wildman–Crippen LogP) is 7.17. The molecule has 1 heterocycles. The summed E-state index contributed by atoms with van der Waals surface area (Å²) in [6.07, 6.45) is 9.20. The lowest BCUT2D eigenvalue weighted by Crippen LogP contribution is -2.51. The third-order valence-electron chi connectivity index (χ3n) is 11.0. The van der Waals surface area contributed by atoms with E-state index in [4.69, 9.17) is 4.98 Å². The average molecular weight is 515 g/mol. The summed E-state index contributed by atoms with van der Waals surface area (Å²) in [7, 11) is 0. The third kappa shape index (κ3) is 3.86. The monoisotopic (exact) mass is 514 g/mol. The van der Waals surface area contributed by atoms with E-state index in [2.05, 4.69) is 43.5 Å². The van der Waals surface area contributed by atoms with Crippen molar-refractivity contribution in [3.63, 3.8) is 0 Å². The number of benzene rings is 1. The fourth-order valence-corrected chi connectivity index (χ4v) is 10.3. The van der Waals surface area contributed by atoms with Crippen molar-refractivity contribution >= 4 is 17.1 Å². The van der Waals surface area contributed by atoms with Gasteiger partial charge in [-0.2, -0.15) is 5.26 Å². The number of nitriles is 1. The number of rotatable bonds is 4. The SMILES string of the molecule is CC(=O)[C@@H]1[C@H]([C@@H](C#N)c2nc(-c3ccccc3)cs2)C[C@@H]2[C@@H]3CC=C4C[C@@H](O)CC[C@]4(C)[C@@H]3CC[C@@]21C. The van der Waals surface area contributed by atoms with Crippen LogP contribution in [0.1, 0.15) is 76.6 Å². The molecule has 3 fully saturated rings. The van der Waals surface area contributed by atoms with Gasteiger partial charge in [0.2, 0.25) is 0 Å². The third-order valence-corrected chi connectivity index (χ3v) is 12.0. The summed E-state index contributed by atoms with van der Waals surface area (Å²) in [6, 6.07) is 12.8. The minimum atomic E-state index is -0.354. The number of carbonyl (C=O) groups excluding carboxylic acids is 1. The molecule has 1 N–H and O–H groups in total. The van der Waals surface area contributed by atoms with Crippen LogP contribution in [0.5, 0.6) is 0 Å². The van der Waals surface area contributed by atoms with Crippen LogP contribution >= 0.6 is 11.3 Å². The molecule has 1 aromatic heterocycles. The van der Waals surface area contributed by atoms with E-state index in [1.807, 2.05) is 18.2 Å². The van der Waals surface area contributed by atoms with Gasteiger partial charge in [-0.3, -0.25) is 4.79 Å². The molecule has 0 radical (unpaired) electrons. The molecule has 4 nitrogen and oxygen atoms in total. The number of aliphatic hydroxyl groups excluding tert-OH is 1. The number of allylic oxidation sites excluding steroid dienone is 1. The maximum absolute atomic E-state index is 13.3. The number of thiazole rings is 1. The van der Waals surface area contributed by atoms with E-state index in [-0.39, 0.29) is 40.5 Å². The fraction of sp³-hybridized carbons (Fsp3) is 0.594. The molecule has 37 heavy (non-hydrogen) atoms. The van der Waals surface area contributed by atoms with Crippen molar-refractivity contribution in [1.82, 2.24) is 4.98 Å². The summed E-state index contributed by atoms with van der Waals surface area (Å²) in [4.78, 5) is 18.3. The summed E-state index contributed by atoms with van der Waals surface area (Å²) >= 11 is 1.57. The first kappa shape index (κ1) is 25.0. The molecule has 3 saturated carbocycles. The minimum absolute atomic E-state index is 0.0115. The second kappa shape index (κ2) is 9.17. The normalized spacial score (nSPS) is 39.5. The molecule has 0 bridgehead atoms. The largest absolute Gasteiger partial charge is 0.393 e. The Hall–Kier alpha value is -2.29. The van der Waals surface area contributed by atoms with Crippen molar-refractivity contribution in [2.24, 2.45) is 40.4 Å². The van der Waals surface area contributed by atoms with Crippen LogP contribution in [0, 0.1) is 51.8 Å². The highest BCUT2D eigenvalue weighted by Crippen LogP contribution is 2.68. The van der Waals surface area contributed by atoms with Crippen LogP contribution in [-0.4, -0.2) is 22.0 Å². The van der Waals surface area contributed by atoms with Crippen molar-refractivity contribution in [1.29, 1.82) is 5.26 Å². The standard InChI is InChI=1S/C32H38N2O2S/c1-19(35)29-24(25(17-33)30-34-28(18-37-30)20-7-5-4-6-8-20)16-27-23-10-9-21-15-22(36)11-13-31(21,2)26(23)12-14-32(27,29)3/h4-9,18,22-27,29,36H,10-16H2,1-3H3/t22-,23+,24-,25+,26+,27+,29+,31-,32-/m0/s1. The van der Waals surface area contributed by atoms with Crippen LogP contribution in [0.2, 0.25) is 0 Å². The first-order valence-corrected chi connectivity index (χ1v) is 14.9. The fourth-order valence-electron chi connectivity index (χ4n) is 9.34. The van der Waals surface area contributed by atoms with Crippen LogP contribution in [0.4, 0.5) is 0 Å². The molecular weight excluding hydrogens is 476 g/mol. The lowest BCUT2D eigenvalue weighted by Gasteiger charge is -2.57. The van der Waals surface area contributed by atoms with Gasteiger partial charge in [-0.05, 0) is 86.4 Å². The Morgan fingerprint density at radius 3 is 2.70 bits per heavy atom. The molecule has 6 rings (SSSR count). The van der Waals surface area contributed by atoms with Crippen LogP contribution in [0.3, 0.4) is 0 Å². The van der Waals surface area contributed by atoms with E-state index in [0.29, 0.717) is 17.8 Å². The van der Waals surface area contributed by atoms with E-state index < -0.39 is 0 Å². The molecule has 9 atom stereocenters. The molecule has 0 aliphatic heterocycles. The van der Waals surface area contributed by atoms with Gasteiger partial charge in [0.25, 0.3) is 0 Å². The van der Waals surface area contributed by atoms with Gasteiger partial charge in [0.1, 0.15) is 16.7 Å². The number of ketones is 1. The van der Waals surface area contributed by atoms with Gasteiger partial charge in [-0.1, -0.05) is 55.8 Å². The molecule has 2 aromatic rings. The summed E-state index contributed by atoms with van der Waals surface area (Å²) in [5.74, 6) is 1.39. The van der Waals surface area contributed by atoms with Crippen molar-refractivity contribution in [3.8, 4) is 17.3 Å². The van der Waals surface area contributed by atoms with E-state index in [1.54, 1.807) is 18.3 Å². The number of aliphatic hydroxyl groups is 1. The highest BCUT2D eigenvalue weighted by atomic mass is 32.1. The smallest absolute Gasteiger partial charge is 0.133 e. The van der Waals surface area contributed by atoms with Crippen LogP contribution in [0.25, 0.3) is 11.3 Å². The Bertz CT molecular complexity index is 1260. The van der Waals surface area contributed by atoms with Gasteiger partial charge in [-0.15, -0.1) is 11.3 Å². The van der Waals surface area contributed by atoms with Gasteiger partial charge < -0.3 is 5.11 Å². The molecule has 4 aliphatic carbocycles. The molecule has 0 saturated heterocycles. The molecule has 5 heteroatoms. The zero-order valence-corrected chi connectivity index (χ0v) is 23.0. The number of hydrogen-bond acceptors (Lipinski definition) is 5. The Morgan fingerprint density at radius 1 is 1.19 bits per heavy atom. The minimum Gasteiger partial charge on any atom is -0.393 e. The number of hydrogen-bond donors (Lipinski definition) is 1. The highest BCUT2D eigenvalue weighted by molar-refractivity contribution is 7.10. The zero-order valence-electron chi connectivity index (χ0n) is 22.2. The van der Waals surface area contributed by atoms with Crippen LogP contribution in [-0.2, 0) is 4.79 Å². The van der Waals surface area contributed by atoms with E-state index in [9.17, 15) is 15.2 Å². The van der Waals surface area contributed by atoms with Gasteiger partial charge in [0.15, 0.2) is 0 Å². The van der Waals surface area contributed by atoms with E-state index >= 15 is 0 Å². The molecular formula is C32H38N2O2S. The topological polar surface area (TPSA) is 74.0 Å². The second-order valence-corrected chi connectivity index (χ2v) is 13.6. The van der Waals surface area contributed by atoms with Crippen molar-refractivity contribution in [3.05, 3.63) is 52.4 Å². The van der Waals surface area contributed by atoms with Crippen LogP contribution in [0.15, 0.2) is 47.4 Å². The van der Waals surface area contributed by atoms with Gasteiger partial charge in [0, 0.05) is 16.9 Å². The highest BCUT2D eigenvalue weighted by Gasteiger charge is 2.63. The molecule has 0 spiro atoms. The molecule has 1 aromatic carbocycles. The summed E-state index contributed by atoms with van der Waals surface area (Å²) in [5.41, 5.74) is 3.55. The lowest BCUT2D eigenvalue weighted by atomic mass is 9.47. The second-order valence-electron chi connectivity index (χ2n) is 12.7. The van der Waals surface area contributed by atoms with E-state index in [0.717, 1.165) is 61.2 Å². The Kier molecular flexibility index (Phi) is 6.20. The van der Waals surface area contributed by atoms with Crippen LogP contribution < -0.4 is 0 Å². The van der Waals surface area contributed by atoms with Gasteiger partial charge in [-0.25, -0.2) is 4.98 Å². The number of nitrogens with zero attached hydrogens (tertiary/aromatic N) is 2. The summed E-state index contributed by atoms with van der Waals surface area (Å²) in [6.45, 7) is 6.56.